The van der Waals surface area contributed by atoms with Gasteiger partial charge in [-0.2, -0.15) is 4.98 Å². The molecule has 3 heterocycles. The van der Waals surface area contributed by atoms with Gasteiger partial charge in [0, 0.05) is 45.3 Å². The van der Waals surface area contributed by atoms with E-state index in [0.29, 0.717) is 36.2 Å². The van der Waals surface area contributed by atoms with Gasteiger partial charge in [-0.05, 0) is 23.1 Å². The fourth-order valence-corrected chi connectivity index (χ4v) is 4.78. The van der Waals surface area contributed by atoms with Crippen molar-refractivity contribution in [2.45, 2.75) is 32.9 Å². The Balaban J connectivity index is 1.42. The second-order valence-corrected chi connectivity index (χ2v) is 9.74. The minimum atomic E-state index is -0.525. The van der Waals surface area contributed by atoms with Crippen LogP contribution in [0.1, 0.15) is 36.5 Å². The Morgan fingerprint density at radius 2 is 1.67 bits per heavy atom. The first-order valence-electron chi connectivity index (χ1n) is 12.3. The van der Waals surface area contributed by atoms with Crippen LogP contribution in [0.4, 0.5) is 10.3 Å². The van der Waals surface area contributed by atoms with Crippen LogP contribution in [-0.2, 0) is 20.1 Å². The summed E-state index contributed by atoms with van der Waals surface area (Å²) in [5.41, 5.74) is 2.58. The molecule has 1 fully saturated rings. The Bertz CT molecular complexity index is 1490. The maximum atomic E-state index is 14.5. The SMILES string of the molecule is CC(C)c1ccc(CN2CCN(c3nc4c(c(=O)[nH]c(=O)n4C)n3Cc3ccccc3F)CC2)cc1. The molecule has 0 unspecified atom stereocenters. The molecular weight excluding hydrogens is 459 g/mol. The summed E-state index contributed by atoms with van der Waals surface area (Å²) in [6, 6.07) is 15.3. The van der Waals surface area contributed by atoms with Gasteiger partial charge in [-0.25, -0.2) is 9.18 Å². The largest absolute Gasteiger partial charge is 0.340 e. The Kier molecular flexibility index (Phi) is 6.49. The van der Waals surface area contributed by atoms with Crippen molar-refractivity contribution >= 4 is 17.1 Å². The third-order valence-electron chi connectivity index (χ3n) is 6.98. The van der Waals surface area contributed by atoms with Gasteiger partial charge in [0.15, 0.2) is 11.2 Å². The molecule has 9 heteroatoms. The molecule has 36 heavy (non-hydrogen) atoms. The van der Waals surface area contributed by atoms with Gasteiger partial charge in [0.05, 0.1) is 6.54 Å². The van der Waals surface area contributed by atoms with E-state index in [1.54, 1.807) is 29.8 Å². The average molecular weight is 491 g/mol. The molecule has 188 valence electrons. The second kappa shape index (κ2) is 9.73. The normalized spacial score (nSPS) is 14.8. The predicted molar refractivity (Wildman–Crippen MR) is 139 cm³/mol. The smallest absolute Gasteiger partial charge is 0.329 e. The number of hydrogen-bond donors (Lipinski definition) is 1. The first-order chi connectivity index (χ1) is 17.3. The summed E-state index contributed by atoms with van der Waals surface area (Å²) in [4.78, 5) is 36.6. The fourth-order valence-electron chi connectivity index (χ4n) is 4.78. The molecule has 1 saturated heterocycles. The highest BCUT2D eigenvalue weighted by Crippen LogP contribution is 2.24. The first-order valence-corrected chi connectivity index (χ1v) is 12.3. The van der Waals surface area contributed by atoms with E-state index >= 15 is 0 Å². The van der Waals surface area contributed by atoms with Crippen molar-refractivity contribution in [3.05, 3.63) is 91.9 Å². The molecular formula is C27H31FN6O2. The minimum Gasteiger partial charge on any atom is -0.340 e. The van der Waals surface area contributed by atoms with Crippen LogP contribution >= 0.6 is 0 Å². The summed E-state index contributed by atoms with van der Waals surface area (Å²) >= 11 is 0. The van der Waals surface area contributed by atoms with E-state index in [-0.39, 0.29) is 17.9 Å². The van der Waals surface area contributed by atoms with E-state index in [4.69, 9.17) is 4.98 Å². The lowest BCUT2D eigenvalue weighted by Gasteiger charge is -2.35. The Morgan fingerprint density at radius 3 is 2.33 bits per heavy atom. The number of aryl methyl sites for hydroxylation is 1. The molecule has 2 aromatic heterocycles. The fraction of sp³-hybridized carbons (Fsp3) is 0.370. The monoisotopic (exact) mass is 490 g/mol. The van der Waals surface area contributed by atoms with Crippen LogP contribution in [0.25, 0.3) is 11.2 Å². The lowest BCUT2D eigenvalue weighted by molar-refractivity contribution is 0.248. The van der Waals surface area contributed by atoms with E-state index in [1.807, 2.05) is 0 Å². The maximum absolute atomic E-state index is 14.5. The van der Waals surface area contributed by atoms with Gasteiger partial charge in [0.25, 0.3) is 5.56 Å². The number of piperazine rings is 1. The van der Waals surface area contributed by atoms with Crippen LogP contribution < -0.4 is 16.1 Å². The number of anilines is 1. The highest BCUT2D eigenvalue weighted by molar-refractivity contribution is 5.74. The number of aromatic amines is 1. The summed E-state index contributed by atoms with van der Waals surface area (Å²) in [5, 5.41) is 0. The third kappa shape index (κ3) is 4.58. The van der Waals surface area contributed by atoms with Gasteiger partial charge in [-0.1, -0.05) is 56.3 Å². The van der Waals surface area contributed by atoms with Crippen LogP contribution in [0.3, 0.4) is 0 Å². The predicted octanol–water partition coefficient (Wildman–Crippen LogP) is 3.06. The zero-order chi connectivity index (χ0) is 25.4. The molecule has 0 atom stereocenters. The molecule has 0 amide bonds. The molecule has 2 aromatic carbocycles. The average Bonchev–Trinajstić information content (AvgIpc) is 3.25. The zero-order valence-corrected chi connectivity index (χ0v) is 20.9. The lowest BCUT2D eigenvalue weighted by atomic mass is 10.0. The van der Waals surface area contributed by atoms with E-state index in [9.17, 15) is 14.0 Å². The van der Waals surface area contributed by atoms with E-state index in [2.05, 4.69) is 52.9 Å². The Labute approximate surface area is 208 Å². The summed E-state index contributed by atoms with van der Waals surface area (Å²) < 4.78 is 17.6. The Morgan fingerprint density at radius 1 is 0.972 bits per heavy atom. The first kappa shape index (κ1) is 24.0. The molecule has 5 rings (SSSR count). The number of nitrogens with one attached hydrogen (secondary N) is 1. The highest BCUT2D eigenvalue weighted by atomic mass is 19.1. The topological polar surface area (TPSA) is 79.2 Å². The van der Waals surface area contributed by atoms with Gasteiger partial charge >= 0.3 is 5.69 Å². The number of imidazole rings is 1. The summed E-state index contributed by atoms with van der Waals surface area (Å²) in [5.74, 6) is 0.735. The molecule has 0 spiro atoms. The number of nitrogens with zero attached hydrogens (tertiary/aromatic N) is 5. The minimum absolute atomic E-state index is 0.141. The quantitative estimate of drug-likeness (QED) is 0.450. The molecule has 1 N–H and O–H groups in total. The van der Waals surface area contributed by atoms with Crippen molar-refractivity contribution in [3.63, 3.8) is 0 Å². The lowest BCUT2D eigenvalue weighted by Crippen LogP contribution is -2.47. The number of aromatic nitrogens is 4. The summed E-state index contributed by atoms with van der Waals surface area (Å²) in [6.45, 7) is 8.45. The number of fused-ring (bicyclic) bond motifs is 1. The number of hydrogen-bond acceptors (Lipinski definition) is 5. The summed E-state index contributed by atoms with van der Waals surface area (Å²) in [6.07, 6.45) is 0. The number of H-pyrrole nitrogens is 1. The molecule has 0 bridgehead atoms. The van der Waals surface area contributed by atoms with Gasteiger partial charge in [-0.15, -0.1) is 0 Å². The van der Waals surface area contributed by atoms with Crippen molar-refractivity contribution in [3.8, 4) is 0 Å². The van der Waals surface area contributed by atoms with Crippen molar-refractivity contribution in [2.75, 3.05) is 31.1 Å². The summed E-state index contributed by atoms with van der Waals surface area (Å²) in [7, 11) is 1.58. The van der Waals surface area contributed by atoms with Crippen LogP contribution in [0.5, 0.6) is 0 Å². The van der Waals surface area contributed by atoms with Crippen LogP contribution in [-0.4, -0.2) is 50.2 Å². The molecule has 1 aliphatic rings. The standard InChI is InChI=1S/C27H31FN6O2/c1-18(2)20-10-8-19(9-11-20)16-32-12-14-33(15-13-32)26-29-24-23(25(35)30-27(36)31(24)3)34(26)17-21-6-4-5-7-22(21)28/h4-11,18H,12-17H2,1-3H3,(H,30,35,36). The molecule has 0 saturated carbocycles. The van der Waals surface area contributed by atoms with Crippen LogP contribution in [0.2, 0.25) is 0 Å². The van der Waals surface area contributed by atoms with E-state index in [0.717, 1.165) is 19.6 Å². The van der Waals surface area contributed by atoms with E-state index < -0.39 is 11.2 Å². The number of rotatable bonds is 6. The second-order valence-electron chi connectivity index (χ2n) is 9.74. The molecule has 4 aromatic rings. The van der Waals surface area contributed by atoms with Crippen molar-refractivity contribution < 1.29 is 4.39 Å². The van der Waals surface area contributed by atoms with Crippen LogP contribution in [0.15, 0.2) is 58.1 Å². The van der Waals surface area contributed by atoms with Crippen molar-refractivity contribution in [2.24, 2.45) is 7.05 Å². The van der Waals surface area contributed by atoms with Gasteiger partial charge < -0.3 is 4.90 Å². The van der Waals surface area contributed by atoms with Crippen molar-refractivity contribution in [1.29, 1.82) is 0 Å². The Hall–Kier alpha value is -3.72. The highest BCUT2D eigenvalue weighted by Gasteiger charge is 2.25. The van der Waals surface area contributed by atoms with Crippen molar-refractivity contribution in [1.82, 2.24) is 24.0 Å². The van der Waals surface area contributed by atoms with Gasteiger partial charge in [0.1, 0.15) is 5.82 Å². The van der Waals surface area contributed by atoms with Gasteiger partial charge in [0.2, 0.25) is 5.95 Å². The third-order valence-corrected chi connectivity index (χ3v) is 6.98. The van der Waals surface area contributed by atoms with Crippen LogP contribution in [0, 0.1) is 5.82 Å². The number of benzene rings is 2. The molecule has 1 aliphatic heterocycles. The molecule has 0 aliphatic carbocycles. The zero-order valence-electron chi connectivity index (χ0n) is 20.9. The van der Waals surface area contributed by atoms with E-state index in [1.165, 1.54) is 21.8 Å². The molecule has 8 nitrogen and oxygen atoms in total. The maximum Gasteiger partial charge on any atom is 0.329 e. The van der Waals surface area contributed by atoms with Gasteiger partial charge in [-0.3, -0.25) is 23.8 Å². The number of halogens is 1. The molecule has 0 radical (unpaired) electrons.